The number of ether oxygens (including phenoxy) is 3. The summed E-state index contributed by atoms with van der Waals surface area (Å²) in [5.41, 5.74) is 1.59. The van der Waals surface area contributed by atoms with Crippen molar-refractivity contribution in [1.29, 1.82) is 10.7 Å². The first kappa shape index (κ1) is 19.2. The molecular weight excluding hydrogens is 356 g/mol. The molecule has 1 N–H and O–H groups in total. The molecule has 0 aromatic heterocycles. The molecule has 0 amide bonds. The van der Waals surface area contributed by atoms with E-state index in [1.165, 1.54) is 0 Å². The molecule has 2 aromatic carbocycles. The van der Waals surface area contributed by atoms with Crippen LogP contribution in [0.5, 0.6) is 5.75 Å². The molecule has 3 rings (SSSR count). The van der Waals surface area contributed by atoms with Gasteiger partial charge in [-0.1, -0.05) is 42.5 Å². The highest BCUT2D eigenvalue weighted by Gasteiger charge is 2.42. The second-order valence-corrected chi connectivity index (χ2v) is 6.15. The van der Waals surface area contributed by atoms with Crippen LogP contribution in [0, 0.1) is 22.7 Å². The molecule has 1 heterocycles. The smallest absolute Gasteiger partial charge is 0.338 e. The zero-order chi connectivity index (χ0) is 20.1. The fourth-order valence-corrected chi connectivity index (χ4v) is 3.22. The minimum absolute atomic E-state index is 0.189. The quantitative estimate of drug-likeness (QED) is 0.799. The lowest BCUT2D eigenvalue weighted by Gasteiger charge is -2.31. The summed E-state index contributed by atoms with van der Waals surface area (Å²) in [6.07, 6.45) is 0. The van der Waals surface area contributed by atoms with E-state index in [1.807, 2.05) is 18.2 Å². The Hall–Kier alpha value is -3.59. The molecule has 0 fully saturated rings. The maximum Gasteiger partial charge on any atom is 0.338 e. The maximum absolute atomic E-state index is 12.9. The fraction of sp³-hybridized carbons (Fsp3) is 0.227. The average Bonchev–Trinajstić information content (AvgIpc) is 2.73. The van der Waals surface area contributed by atoms with E-state index in [1.54, 1.807) is 50.4 Å². The topological polar surface area (TPSA) is 92.4 Å². The van der Waals surface area contributed by atoms with Crippen LogP contribution < -0.4 is 4.74 Å². The number of carbonyl (C=O) groups is 1. The van der Waals surface area contributed by atoms with Crippen molar-refractivity contribution >= 4 is 17.6 Å². The van der Waals surface area contributed by atoms with Crippen molar-refractivity contribution < 1.29 is 19.0 Å². The van der Waals surface area contributed by atoms with E-state index in [0.717, 1.165) is 0 Å². The summed E-state index contributed by atoms with van der Waals surface area (Å²) < 4.78 is 16.1. The molecular formula is C22H20N2O4. The Bertz CT molecular complexity index is 943. The van der Waals surface area contributed by atoms with Crippen molar-refractivity contribution in [2.45, 2.75) is 12.8 Å². The van der Waals surface area contributed by atoms with Gasteiger partial charge in [-0.3, -0.25) is 5.41 Å². The van der Waals surface area contributed by atoms with Crippen LogP contribution >= 0.6 is 0 Å². The Morgan fingerprint density at radius 3 is 2.43 bits per heavy atom. The number of esters is 1. The highest BCUT2D eigenvalue weighted by molar-refractivity contribution is 6.03. The van der Waals surface area contributed by atoms with Gasteiger partial charge in [-0.25, -0.2) is 4.79 Å². The Morgan fingerprint density at radius 2 is 1.86 bits per heavy atom. The summed E-state index contributed by atoms with van der Waals surface area (Å²) in [6.45, 7) is 1.91. The lowest BCUT2D eigenvalue weighted by atomic mass is 9.78. The molecule has 1 aliphatic heterocycles. The second-order valence-electron chi connectivity index (χ2n) is 6.15. The normalized spacial score (nSPS) is 18.8. The first-order chi connectivity index (χ1) is 13.6. The van der Waals surface area contributed by atoms with Crippen molar-refractivity contribution in [1.82, 2.24) is 0 Å². The number of carbonyl (C=O) groups excluding carboxylic acids is 1. The van der Waals surface area contributed by atoms with E-state index in [2.05, 4.69) is 6.07 Å². The maximum atomic E-state index is 12.9. The first-order valence-electron chi connectivity index (χ1n) is 8.87. The van der Waals surface area contributed by atoms with Crippen LogP contribution in [0.4, 0.5) is 0 Å². The summed E-state index contributed by atoms with van der Waals surface area (Å²) in [5, 5.41) is 18.0. The van der Waals surface area contributed by atoms with Gasteiger partial charge in [0.05, 0.1) is 25.4 Å². The fourth-order valence-electron chi connectivity index (χ4n) is 3.22. The van der Waals surface area contributed by atoms with E-state index in [4.69, 9.17) is 19.6 Å². The molecule has 28 heavy (non-hydrogen) atoms. The average molecular weight is 376 g/mol. The Kier molecular flexibility index (Phi) is 5.75. The number of benzene rings is 2. The summed E-state index contributed by atoms with van der Waals surface area (Å²) in [6, 6.07) is 18.3. The van der Waals surface area contributed by atoms with Crippen molar-refractivity contribution in [2.24, 2.45) is 5.92 Å². The number of hydrogen-bond donors (Lipinski definition) is 1. The molecule has 2 atom stereocenters. The van der Waals surface area contributed by atoms with Crippen molar-refractivity contribution in [3.63, 3.8) is 0 Å². The summed E-state index contributed by atoms with van der Waals surface area (Å²) in [7, 11) is 1.56. The van der Waals surface area contributed by atoms with Crippen LogP contribution in [-0.4, -0.2) is 25.6 Å². The Morgan fingerprint density at radius 1 is 1.18 bits per heavy atom. The van der Waals surface area contributed by atoms with Gasteiger partial charge in [0.25, 0.3) is 0 Å². The second kappa shape index (κ2) is 8.40. The number of nitrogens with one attached hydrogen (secondary N) is 1. The standard InChI is InChI=1S/C22H20N2O4/c1-3-27-22(25)19-18(14-9-11-16(26-2)12-10-14)17(13-23)21(24)28-20(19)15-7-5-4-6-8-15/h4-12,17-18,24H,3H2,1-2H3. The summed E-state index contributed by atoms with van der Waals surface area (Å²) in [4.78, 5) is 12.9. The SMILES string of the molecule is CCOC(=O)C1=C(c2ccccc2)OC(=N)C(C#N)C1c1ccc(OC)cc1. The van der Waals surface area contributed by atoms with Crippen molar-refractivity contribution in [2.75, 3.05) is 13.7 Å². The summed E-state index contributed by atoms with van der Waals surface area (Å²) in [5.74, 6) is -1.49. The van der Waals surface area contributed by atoms with Gasteiger partial charge in [-0.2, -0.15) is 5.26 Å². The monoisotopic (exact) mass is 376 g/mol. The lowest BCUT2D eigenvalue weighted by molar-refractivity contribution is -0.139. The van der Waals surface area contributed by atoms with Gasteiger partial charge in [-0.15, -0.1) is 0 Å². The van der Waals surface area contributed by atoms with Crippen LogP contribution in [0.25, 0.3) is 5.76 Å². The van der Waals surface area contributed by atoms with Gasteiger partial charge < -0.3 is 14.2 Å². The lowest BCUT2D eigenvalue weighted by Crippen LogP contribution is -2.33. The molecule has 0 saturated carbocycles. The van der Waals surface area contributed by atoms with Crippen LogP contribution in [-0.2, 0) is 14.3 Å². The number of hydrogen-bond acceptors (Lipinski definition) is 6. The third kappa shape index (κ3) is 3.60. The van der Waals surface area contributed by atoms with Gasteiger partial charge in [0, 0.05) is 11.5 Å². The first-order valence-corrected chi connectivity index (χ1v) is 8.87. The zero-order valence-electron chi connectivity index (χ0n) is 15.6. The summed E-state index contributed by atoms with van der Waals surface area (Å²) >= 11 is 0. The molecule has 2 unspecified atom stereocenters. The van der Waals surface area contributed by atoms with Gasteiger partial charge in [-0.05, 0) is 24.6 Å². The predicted octanol–water partition coefficient (Wildman–Crippen LogP) is 3.90. The van der Waals surface area contributed by atoms with Crippen molar-refractivity contribution in [3.05, 3.63) is 71.3 Å². The molecule has 2 aromatic rings. The molecule has 0 bridgehead atoms. The van der Waals surface area contributed by atoms with Gasteiger partial charge in [0.2, 0.25) is 5.90 Å². The number of nitriles is 1. The van der Waals surface area contributed by atoms with E-state index in [9.17, 15) is 10.1 Å². The molecule has 6 heteroatoms. The van der Waals surface area contributed by atoms with E-state index in [-0.39, 0.29) is 23.8 Å². The van der Waals surface area contributed by atoms with Gasteiger partial charge in [0.15, 0.2) is 0 Å². The minimum Gasteiger partial charge on any atom is -0.497 e. The zero-order valence-corrected chi connectivity index (χ0v) is 15.6. The highest BCUT2D eigenvalue weighted by Crippen LogP contribution is 2.43. The Balaban J connectivity index is 2.24. The third-order valence-electron chi connectivity index (χ3n) is 4.53. The molecule has 6 nitrogen and oxygen atoms in total. The molecule has 0 spiro atoms. The number of methoxy groups -OCH3 is 1. The molecule has 0 radical (unpaired) electrons. The van der Waals surface area contributed by atoms with E-state index < -0.39 is 17.8 Å². The minimum atomic E-state index is -0.944. The Labute approximate surface area is 163 Å². The molecule has 0 aliphatic carbocycles. The van der Waals surface area contributed by atoms with Gasteiger partial charge >= 0.3 is 5.97 Å². The van der Waals surface area contributed by atoms with Crippen molar-refractivity contribution in [3.8, 4) is 11.8 Å². The van der Waals surface area contributed by atoms with Crippen LogP contribution in [0.3, 0.4) is 0 Å². The molecule has 0 saturated heterocycles. The molecule has 142 valence electrons. The van der Waals surface area contributed by atoms with E-state index >= 15 is 0 Å². The number of nitrogens with zero attached hydrogens (tertiary/aromatic N) is 1. The predicted molar refractivity (Wildman–Crippen MR) is 104 cm³/mol. The highest BCUT2D eigenvalue weighted by atomic mass is 16.5. The van der Waals surface area contributed by atoms with Crippen LogP contribution in [0.15, 0.2) is 60.2 Å². The molecule has 1 aliphatic rings. The number of rotatable bonds is 5. The van der Waals surface area contributed by atoms with Crippen LogP contribution in [0.2, 0.25) is 0 Å². The van der Waals surface area contributed by atoms with Gasteiger partial charge in [0.1, 0.15) is 17.4 Å². The van der Waals surface area contributed by atoms with E-state index in [0.29, 0.717) is 16.9 Å². The van der Waals surface area contributed by atoms with Crippen LogP contribution in [0.1, 0.15) is 24.0 Å². The third-order valence-corrected chi connectivity index (χ3v) is 4.53. The largest absolute Gasteiger partial charge is 0.497 e.